The van der Waals surface area contributed by atoms with Gasteiger partial charge in [0.25, 0.3) is 0 Å². The van der Waals surface area contributed by atoms with Crippen LogP contribution in [0.1, 0.15) is 52.9 Å². The largest absolute Gasteiger partial charge is 0.385 e. The second-order valence-electron chi connectivity index (χ2n) is 8.35. The number of nitrogens with zero attached hydrogens (tertiary/aromatic N) is 3. The molecule has 2 N–H and O–H groups in total. The van der Waals surface area contributed by atoms with Crippen LogP contribution >= 0.6 is 24.0 Å². The smallest absolute Gasteiger partial charge is 0.191 e. The van der Waals surface area contributed by atoms with Crippen molar-refractivity contribution >= 4 is 29.9 Å². The molecule has 1 aliphatic heterocycles. The molecule has 0 aromatic heterocycles. The van der Waals surface area contributed by atoms with E-state index in [4.69, 9.17) is 9.73 Å². The van der Waals surface area contributed by atoms with Crippen molar-refractivity contribution in [2.75, 3.05) is 66.1 Å². The maximum absolute atomic E-state index is 5.36. The third-order valence-corrected chi connectivity index (χ3v) is 6.46. The minimum absolute atomic E-state index is 0. The van der Waals surface area contributed by atoms with Crippen molar-refractivity contribution in [2.24, 2.45) is 10.4 Å². The van der Waals surface area contributed by atoms with Crippen LogP contribution in [0.4, 0.5) is 0 Å². The molecule has 1 unspecified atom stereocenters. The summed E-state index contributed by atoms with van der Waals surface area (Å²) in [6.07, 6.45) is 6.38. The van der Waals surface area contributed by atoms with Gasteiger partial charge in [0.15, 0.2) is 5.96 Å². The predicted molar refractivity (Wildman–Crippen MR) is 130 cm³/mol. The molecule has 2 rings (SSSR count). The Morgan fingerprint density at radius 2 is 1.79 bits per heavy atom. The van der Waals surface area contributed by atoms with E-state index < -0.39 is 0 Å². The van der Waals surface area contributed by atoms with Gasteiger partial charge in [-0.3, -0.25) is 9.89 Å². The van der Waals surface area contributed by atoms with E-state index in [9.17, 15) is 0 Å². The quantitative estimate of drug-likeness (QED) is 0.270. The van der Waals surface area contributed by atoms with Crippen molar-refractivity contribution in [2.45, 2.75) is 58.9 Å². The molecule has 0 aromatic carbocycles. The molecule has 6 nitrogen and oxygen atoms in total. The van der Waals surface area contributed by atoms with Crippen LogP contribution in [0.3, 0.4) is 0 Å². The van der Waals surface area contributed by atoms with Crippen molar-refractivity contribution in [3.63, 3.8) is 0 Å². The van der Waals surface area contributed by atoms with Gasteiger partial charge in [-0.25, -0.2) is 0 Å². The third-order valence-electron chi connectivity index (χ3n) is 6.46. The lowest BCUT2D eigenvalue weighted by atomic mass is 9.83. The van der Waals surface area contributed by atoms with Crippen LogP contribution in [0.25, 0.3) is 0 Å². The number of nitrogens with one attached hydrogen (secondary N) is 2. The molecule has 2 aliphatic rings. The molecule has 1 aliphatic carbocycles. The van der Waals surface area contributed by atoms with E-state index in [1.165, 1.54) is 58.4 Å². The van der Waals surface area contributed by atoms with Gasteiger partial charge in [-0.05, 0) is 45.1 Å². The van der Waals surface area contributed by atoms with Crippen molar-refractivity contribution in [3.8, 4) is 0 Å². The first-order valence-electron chi connectivity index (χ1n) is 11.1. The zero-order valence-electron chi connectivity index (χ0n) is 18.6. The zero-order valence-corrected chi connectivity index (χ0v) is 21.0. The number of hydrogen-bond acceptors (Lipinski definition) is 4. The number of hydrogen-bond donors (Lipinski definition) is 2. The Morgan fingerprint density at radius 3 is 2.36 bits per heavy atom. The summed E-state index contributed by atoms with van der Waals surface area (Å²) in [7, 11) is 1.80. The molecule has 1 atom stereocenters. The van der Waals surface area contributed by atoms with Crippen LogP contribution in [0.5, 0.6) is 0 Å². The van der Waals surface area contributed by atoms with Gasteiger partial charge in [-0.1, -0.05) is 19.8 Å². The highest BCUT2D eigenvalue weighted by molar-refractivity contribution is 14.0. The number of rotatable bonds is 10. The molecule has 28 heavy (non-hydrogen) atoms. The van der Waals surface area contributed by atoms with Gasteiger partial charge >= 0.3 is 0 Å². The summed E-state index contributed by atoms with van der Waals surface area (Å²) >= 11 is 0. The van der Waals surface area contributed by atoms with E-state index in [-0.39, 0.29) is 24.0 Å². The van der Waals surface area contributed by atoms with Gasteiger partial charge in [-0.2, -0.15) is 0 Å². The Balaban J connectivity index is 0.00000392. The van der Waals surface area contributed by atoms with Crippen molar-refractivity contribution in [3.05, 3.63) is 0 Å². The van der Waals surface area contributed by atoms with E-state index >= 15 is 0 Å². The molecule has 0 spiro atoms. The second kappa shape index (κ2) is 14.0. The molecule has 0 bridgehead atoms. The van der Waals surface area contributed by atoms with Crippen LogP contribution in [0.2, 0.25) is 0 Å². The second-order valence-corrected chi connectivity index (χ2v) is 8.35. The van der Waals surface area contributed by atoms with E-state index in [0.717, 1.165) is 38.6 Å². The lowest BCUT2D eigenvalue weighted by Gasteiger charge is -2.37. The Labute approximate surface area is 190 Å². The Hall–Kier alpha value is -0.120. The fourth-order valence-electron chi connectivity index (χ4n) is 4.41. The zero-order chi connectivity index (χ0) is 19.5. The van der Waals surface area contributed by atoms with Gasteiger partial charge in [0.1, 0.15) is 0 Å². The standard InChI is InChI=1S/C21H43N5O.HI/c1-5-22-20(24-18-21(11-16-27-4)9-7-8-10-21)23-17-19(3)26-14-12-25(6-2)13-15-26;/h19H,5-18H2,1-4H3,(H2,22,23,24);1H. The van der Waals surface area contributed by atoms with Crippen LogP contribution in [-0.4, -0.2) is 87.9 Å². The number of halogens is 1. The topological polar surface area (TPSA) is 52.1 Å². The van der Waals surface area contributed by atoms with Gasteiger partial charge in [0.05, 0.1) is 0 Å². The first-order chi connectivity index (χ1) is 13.1. The van der Waals surface area contributed by atoms with E-state index in [1.54, 1.807) is 7.11 Å². The molecule has 0 radical (unpaired) electrons. The summed E-state index contributed by atoms with van der Waals surface area (Å²) in [4.78, 5) is 10.1. The van der Waals surface area contributed by atoms with Crippen molar-refractivity contribution in [1.82, 2.24) is 20.4 Å². The Morgan fingerprint density at radius 1 is 1.11 bits per heavy atom. The monoisotopic (exact) mass is 509 g/mol. The highest BCUT2D eigenvalue weighted by atomic mass is 127. The lowest BCUT2D eigenvalue weighted by Crippen LogP contribution is -2.53. The lowest BCUT2D eigenvalue weighted by molar-refractivity contribution is 0.107. The number of ether oxygens (including phenoxy) is 1. The molecule has 166 valence electrons. The molecular formula is C21H44IN5O. The summed E-state index contributed by atoms with van der Waals surface area (Å²) < 4.78 is 5.36. The van der Waals surface area contributed by atoms with Crippen molar-refractivity contribution in [1.29, 1.82) is 0 Å². The van der Waals surface area contributed by atoms with Gasteiger partial charge in [0, 0.05) is 65.6 Å². The average molecular weight is 510 g/mol. The highest BCUT2D eigenvalue weighted by Gasteiger charge is 2.33. The van der Waals surface area contributed by atoms with Crippen LogP contribution in [0.15, 0.2) is 4.99 Å². The number of aliphatic imine (C=N–C) groups is 1. The summed E-state index contributed by atoms with van der Waals surface area (Å²) in [6, 6.07) is 0.529. The third kappa shape index (κ3) is 8.32. The maximum atomic E-state index is 5.36. The van der Waals surface area contributed by atoms with Gasteiger partial charge in [-0.15, -0.1) is 24.0 Å². The molecule has 0 amide bonds. The number of piperazine rings is 1. The highest BCUT2D eigenvalue weighted by Crippen LogP contribution is 2.41. The summed E-state index contributed by atoms with van der Waals surface area (Å²) in [5.41, 5.74) is 0.348. The minimum Gasteiger partial charge on any atom is -0.385 e. The predicted octanol–water partition coefficient (Wildman–Crippen LogP) is 2.78. The fourth-order valence-corrected chi connectivity index (χ4v) is 4.41. The summed E-state index contributed by atoms with van der Waals surface area (Å²) in [5, 5.41) is 7.03. The maximum Gasteiger partial charge on any atom is 0.191 e. The Bertz CT molecular complexity index is 435. The number of methoxy groups -OCH3 is 1. The summed E-state index contributed by atoms with van der Waals surface area (Å²) in [5.74, 6) is 0.972. The molecule has 1 saturated heterocycles. The van der Waals surface area contributed by atoms with Crippen LogP contribution in [0, 0.1) is 5.41 Å². The van der Waals surface area contributed by atoms with E-state index in [2.05, 4.69) is 41.2 Å². The van der Waals surface area contributed by atoms with Crippen LogP contribution in [-0.2, 0) is 4.74 Å². The van der Waals surface area contributed by atoms with E-state index in [1.807, 2.05) is 0 Å². The Kier molecular flexibility index (Phi) is 12.9. The number of likely N-dealkylation sites (N-methyl/N-ethyl adjacent to an activating group) is 1. The first kappa shape index (κ1) is 25.9. The SMILES string of the molecule is CCNC(=NCC1(CCOC)CCCC1)NCC(C)N1CCN(CC)CC1.I. The molecule has 2 fully saturated rings. The summed E-state index contributed by atoms with van der Waals surface area (Å²) in [6.45, 7) is 16.2. The average Bonchev–Trinajstić information content (AvgIpc) is 3.17. The van der Waals surface area contributed by atoms with Crippen LogP contribution < -0.4 is 10.6 Å². The molecule has 1 saturated carbocycles. The fraction of sp³-hybridized carbons (Fsp3) is 0.952. The first-order valence-corrected chi connectivity index (χ1v) is 11.1. The van der Waals surface area contributed by atoms with Crippen molar-refractivity contribution < 1.29 is 4.74 Å². The molecule has 7 heteroatoms. The van der Waals surface area contributed by atoms with E-state index in [0.29, 0.717) is 11.5 Å². The number of guanidine groups is 1. The normalized spacial score (nSPS) is 21.9. The van der Waals surface area contributed by atoms with Gasteiger partial charge < -0.3 is 20.3 Å². The minimum atomic E-state index is 0. The van der Waals surface area contributed by atoms with Gasteiger partial charge in [0.2, 0.25) is 0 Å². The molecular weight excluding hydrogens is 465 g/mol. The molecule has 1 heterocycles. The molecule has 0 aromatic rings.